The Bertz CT molecular complexity index is 1570. The zero-order chi connectivity index (χ0) is 35.3. The van der Waals surface area contributed by atoms with E-state index in [4.69, 9.17) is 5.73 Å². The predicted octanol–water partition coefficient (Wildman–Crippen LogP) is 1.46. The molecule has 3 aromatic carbocycles. The first-order valence-corrected chi connectivity index (χ1v) is 16.6. The van der Waals surface area contributed by atoms with E-state index in [1.807, 2.05) is 74.5 Å². The van der Waals surface area contributed by atoms with Crippen molar-refractivity contribution in [2.75, 3.05) is 6.54 Å². The van der Waals surface area contributed by atoms with E-state index in [9.17, 15) is 29.1 Å². The van der Waals surface area contributed by atoms with Crippen LogP contribution in [0.15, 0.2) is 84.9 Å². The van der Waals surface area contributed by atoms with Gasteiger partial charge in [0.2, 0.25) is 29.5 Å². The Morgan fingerprint density at radius 1 is 0.776 bits per heavy atom. The van der Waals surface area contributed by atoms with Crippen LogP contribution in [-0.4, -0.2) is 65.5 Å². The minimum Gasteiger partial charge on any atom is -0.508 e. The van der Waals surface area contributed by atoms with Gasteiger partial charge in [-0.2, -0.15) is 0 Å². The number of benzene rings is 3. The van der Waals surface area contributed by atoms with E-state index in [0.717, 1.165) is 11.1 Å². The second-order valence-electron chi connectivity index (χ2n) is 12.8. The molecule has 1 aliphatic heterocycles. The van der Waals surface area contributed by atoms with E-state index in [-0.39, 0.29) is 50.3 Å². The molecule has 0 unspecified atom stereocenters. The van der Waals surface area contributed by atoms with Gasteiger partial charge in [0.1, 0.15) is 29.9 Å². The van der Waals surface area contributed by atoms with Gasteiger partial charge < -0.3 is 37.4 Å². The van der Waals surface area contributed by atoms with E-state index < -0.39 is 59.7 Å². The van der Waals surface area contributed by atoms with Gasteiger partial charge in [0, 0.05) is 19.4 Å². The quantitative estimate of drug-likeness (QED) is 0.159. The summed E-state index contributed by atoms with van der Waals surface area (Å²) < 4.78 is 0. The summed E-state index contributed by atoms with van der Waals surface area (Å²) in [7, 11) is 0. The summed E-state index contributed by atoms with van der Waals surface area (Å²) in [5.41, 5.74) is 8.54. The number of rotatable bonds is 10. The lowest BCUT2D eigenvalue weighted by Gasteiger charge is -2.29. The number of aromatic hydroxyl groups is 1. The second kappa shape index (κ2) is 17.8. The van der Waals surface area contributed by atoms with Gasteiger partial charge in [-0.25, -0.2) is 0 Å². The van der Waals surface area contributed by atoms with Crippen molar-refractivity contribution in [2.24, 2.45) is 17.6 Å². The molecule has 0 bridgehead atoms. The third kappa shape index (κ3) is 11.5. The first kappa shape index (κ1) is 36.6. The summed E-state index contributed by atoms with van der Waals surface area (Å²) >= 11 is 0. The van der Waals surface area contributed by atoms with E-state index in [0.29, 0.717) is 5.56 Å². The highest BCUT2D eigenvalue weighted by atomic mass is 16.3. The summed E-state index contributed by atoms with van der Waals surface area (Å²) in [4.78, 5) is 68.1. The maximum Gasteiger partial charge on any atom is 0.244 e. The topological polar surface area (TPSA) is 192 Å². The average molecular weight is 671 g/mol. The Kier molecular flexibility index (Phi) is 13.3. The predicted molar refractivity (Wildman–Crippen MR) is 185 cm³/mol. The number of hydrogen-bond donors (Lipinski definition) is 7. The molecule has 3 aromatic rings. The fraction of sp³-hybridized carbons (Fsp3) is 0.378. The van der Waals surface area contributed by atoms with Gasteiger partial charge in [0.05, 0.1) is 6.04 Å². The van der Waals surface area contributed by atoms with Crippen LogP contribution in [0.2, 0.25) is 0 Å². The first-order chi connectivity index (χ1) is 23.5. The van der Waals surface area contributed by atoms with Gasteiger partial charge in [-0.3, -0.25) is 24.0 Å². The number of nitrogens with one attached hydrogen (secondary N) is 5. The molecular formula is C37H46N6O6. The van der Waals surface area contributed by atoms with Crippen LogP contribution in [0.25, 0.3) is 0 Å². The van der Waals surface area contributed by atoms with Crippen molar-refractivity contribution in [2.45, 2.75) is 70.2 Å². The fourth-order valence-corrected chi connectivity index (χ4v) is 5.66. The normalized spacial score (nSPS) is 21.4. The number of nitrogens with two attached hydrogens (primary N) is 1. The minimum absolute atomic E-state index is 0.00526. The molecule has 0 aliphatic carbocycles. The Morgan fingerprint density at radius 3 is 1.98 bits per heavy atom. The van der Waals surface area contributed by atoms with E-state index in [2.05, 4.69) is 26.6 Å². The van der Waals surface area contributed by atoms with Crippen LogP contribution in [0.1, 0.15) is 43.4 Å². The van der Waals surface area contributed by atoms with Crippen molar-refractivity contribution in [1.82, 2.24) is 26.6 Å². The van der Waals surface area contributed by atoms with Crippen molar-refractivity contribution < 1.29 is 29.1 Å². The van der Waals surface area contributed by atoms with Crippen molar-refractivity contribution in [3.05, 3.63) is 102 Å². The Labute approximate surface area is 286 Å². The second-order valence-corrected chi connectivity index (χ2v) is 12.8. The summed E-state index contributed by atoms with van der Waals surface area (Å²) in [6, 6.07) is 21.5. The largest absolute Gasteiger partial charge is 0.508 e. The minimum atomic E-state index is -1.16. The van der Waals surface area contributed by atoms with E-state index >= 15 is 0 Å². The fourth-order valence-electron chi connectivity index (χ4n) is 5.66. The van der Waals surface area contributed by atoms with Gasteiger partial charge in [-0.05, 0) is 54.0 Å². The summed E-state index contributed by atoms with van der Waals surface area (Å²) in [5, 5.41) is 23.6. The third-order valence-corrected chi connectivity index (χ3v) is 8.27. The van der Waals surface area contributed by atoms with Crippen LogP contribution >= 0.6 is 0 Å². The Hall–Kier alpha value is -5.23. The highest BCUT2D eigenvalue weighted by Gasteiger charge is 2.33. The number of hydrogen-bond acceptors (Lipinski definition) is 7. The molecule has 8 N–H and O–H groups in total. The first-order valence-electron chi connectivity index (χ1n) is 16.6. The van der Waals surface area contributed by atoms with Gasteiger partial charge >= 0.3 is 0 Å². The molecule has 49 heavy (non-hydrogen) atoms. The summed E-state index contributed by atoms with van der Waals surface area (Å²) in [6.07, 6.45) is -0.146. The lowest BCUT2D eigenvalue weighted by Crippen LogP contribution is -2.60. The van der Waals surface area contributed by atoms with Crippen molar-refractivity contribution in [1.29, 1.82) is 0 Å². The molecule has 0 radical (unpaired) electrons. The van der Waals surface area contributed by atoms with Crippen LogP contribution < -0.4 is 32.3 Å². The van der Waals surface area contributed by atoms with Gasteiger partial charge in [0.25, 0.3) is 0 Å². The average Bonchev–Trinajstić information content (AvgIpc) is 3.07. The molecule has 12 heteroatoms. The van der Waals surface area contributed by atoms with Gasteiger partial charge in [-0.15, -0.1) is 0 Å². The maximum absolute atomic E-state index is 13.9. The molecule has 260 valence electrons. The molecular weight excluding hydrogens is 624 g/mol. The third-order valence-electron chi connectivity index (χ3n) is 8.27. The SMILES string of the molecule is CC(C)C[C@H]1C(=O)NCC[C@@H](NC(=O)[C@H](N)Cc2ccc(O)cc2)C(=O)N[C@H](Cc2ccccc2)C(=O)N[C@H](Cc2ccccc2)NC1=O. The summed E-state index contributed by atoms with van der Waals surface area (Å²) in [6.45, 7) is 3.77. The zero-order valence-electron chi connectivity index (χ0n) is 27.9. The van der Waals surface area contributed by atoms with Crippen molar-refractivity contribution in [3.63, 3.8) is 0 Å². The van der Waals surface area contributed by atoms with Gasteiger partial charge in [0.15, 0.2) is 0 Å². The van der Waals surface area contributed by atoms with Crippen LogP contribution in [0, 0.1) is 11.8 Å². The molecule has 1 saturated heterocycles. The summed E-state index contributed by atoms with van der Waals surface area (Å²) in [5.74, 6) is -3.81. The van der Waals surface area contributed by atoms with Crippen LogP contribution in [-0.2, 0) is 43.2 Å². The Balaban J connectivity index is 1.63. The van der Waals surface area contributed by atoms with Crippen LogP contribution in [0.3, 0.4) is 0 Å². The Morgan fingerprint density at radius 2 is 1.37 bits per heavy atom. The number of phenols is 1. The molecule has 12 nitrogen and oxygen atoms in total. The molecule has 1 fully saturated rings. The smallest absolute Gasteiger partial charge is 0.244 e. The number of carbonyl (C=O) groups excluding carboxylic acids is 5. The molecule has 0 aromatic heterocycles. The molecule has 1 heterocycles. The number of amides is 5. The van der Waals surface area contributed by atoms with Crippen LogP contribution in [0.4, 0.5) is 0 Å². The lowest BCUT2D eigenvalue weighted by atomic mass is 9.94. The maximum atomic E-state index is 13.9. The van der Waals surface area contributed by atoms with Gasteiger partial charge in [-0.1, -0.05) is 86.6 Å². The van der Waals surface area contributed by atoms with E-state index in [1.165, 1.54) is 12.1 Å². The molecule has 1 aliphatic rings. The molecule has 4 rings (SSSR count). The standard InChI is InChI=1S/C37H46N6O6/c1-23(2)19-28-33(45)39-18-17-30(40-35(47)29(38)20-26-13-15-27(44)16-14-26)36(48)41-31(21-24-9-5-3-6-10-24)37(49)43-32(42-34(28)46)22-25-11-7-4-8-12-25/h3-16,23,28-32,44H,17-22,38H2,1-2H3,(H,39,45)(H,40,47)(H,41,48)(H,42,46)(H,43,49)/t28-,29+,30+,31+,32+/m0/s1. The zero-order valence-corrected chi connectivity index (χ0v) is 27.9. The molecule has 5 amide bonds. The van der Waals surface area contributed by atoms with Crippen LogP contribution in [0.5, 0.6) is 5.75 Å². The molecule has 0 spiro atoms. The van der Waals surface area contributed by atoms with Crippen molar-refractivity contribution in [3.8, 4) is 5.75 Å². The highest BCUT2D eigenvalue weighted by Crippen LogP contribution is 2.15. The number of phenolic OH excluding ortho intramolecular Hbond substituents is 1. The molecule has 0 saturated carbocycles. The monoisotopic (exact) mass is 670 g/mol. The van der Waals surface area contributed by atoms with E-state index in [1.54, 1.807) is 12.1 Å². The van der Waals surface area contributed by atoms with Crippen molar-refractivity contribution >= 4 is 29.5 Å². The lowest BCUT2D eigenvalue weighted by molar-refractivity contribution is -0.137. The molecule has 5 atom stereocenters. The number of carbonyl (C=O) groups is 5. The highest BCUT2D eigenvalue weighted by molar-refractivity contribution is 6.01.